The van der Waals surface area contributed by atoms with Gasteiger partial charge in [-0.25, -0.2) is 0 Å². The molecule has 0 spiro atoms. The summed E-state index contributed by atoms with van der Waals surface area (Å²) >= 11 is 0. The smallest absolute Gasteiger partial charge is 0.0165 e. The molecule has 0 aliphatic heterocycles. The first-order chi connectivity index (χ1) is 27.2. The fourth-order valence-corrected chi connectivity index (χ4v) is 9.57. The number of unbranched alkanes of at least 4 members (excludes halogenated alkanes) is 27. The summed E-state index contributed by atoms with van der Waals surface area (Å²) in [6.45, 7) is 14.7. The molecule has 0 bridgehead atoms. The normalized spacial score (nSPS) is 12.5. The Kier molecular flexibility index (Phi) is 54.2. The van der Waals surface area contributed by atoms with Crippen LogP contribution in [0.15, 0.2) is 24.3 Å². The lowest BCUT2D eigenvalue weighted by Crippen LogP contribution is -2.33. The Hall–Kier alpha value is 0.100. The molecule has 0 N–H and O–H groups in total. The minimum atomic E-state index is 0.787. The maximum Gasteiger partial charge on any atom is 0.0165 e. The number of allylic oxidation sites excluding steroid dienone is 4. The van der Waals surface area contributed by atoms with Crippen molar-refractivity contribution in [3.8, 4) is 0 Å². The average Bonchev–Trinajstić information content (AvgIpc) is 3.20. The molecule has 330 valence electrons. The number of hydrogen-bond donors (Lipinski definition) is 0. The van der Waals surface area contributed by atoms with Crippen LogP contribution in [0.5, 0.6) is 0 Å². The van der Waals surface area contributed by atoms with Crippen molar-refractivity contribution >= 4 is 21.6 Å². The largest absolute Gasteiger partial charge is 0.306 e. The van der Waals surface area contributed by atoms with E-state index >= 15 is 0 Å². The van der Waals surface area contributed by atoms with Gasteiger partial charge in [0.1, 0.15) is 0 Å². The van der Waals surface area contributed by atoms with Crippen molar-refractivity contribution in [1.82, 2.24) is 9.80 Å². The van der Waals surface area contributed by atoms with Gasteiger partial charge < -0.3 is 9.80 Å². The van der Waals surface area contributed by atoms with Crippen molar-refractivity contribution in [2.75, 3.05) is 45.2 Å². The van der Waals surface area contributed by atoms with Crippen LogP contribution in [-0.2, 0) is 0 Å². The molecule has 0 amide bonds. The average molecular weight is 810 g/mol. The lowest BCUT2D eigenvalue weighted by atomic mass is 9.99. The van der Waals surface area contributed by atoms with E-state index in [1.165, 1.54) is 249 Å². The molecule has 2 nitrogen and oxygen atoms in total. The van der Waals surface area contributed by atoms with E-state index in [0.29, 0.717) is 0 Å². The Labute approximate surface area is 358 Å². The Bertz CT molecular complexity index is 726. The fraction of sp³-hybridized carbons (Fsp3) is 0.922. The summed E-state index contributed by atoms with van der Waals surface area (Å²) in [5, 5.41) is 0. The molecule has 55 heavy (non-hydrogen) atoms. The summed E-state index contributed by atoms with van der Waals surface area (Å²) in [5.41, 5.74) is 0. The van der Waals surface area contributed by atoms with Gasteiger partial charge in [0, 0.05) is 30.6 Å². The Morgan fingerprint density at radius 1 is 0.364 bits per heavy atom. The molecule has 0 aromatic rings. The van der Waals surface area contributed by atoms with Crippen molar-refractivity contribution in [2.24, 2.45) is 0 Å². The van der Waals surface area contributed by atoms with E-state index < -0.39 is 0 Å². The molecule has 0 saturated carbocycles. The van der Waals surface area contributed by atoms with Crippen LogP contribution in [0.2, 0.25) is 0 Å². The molecule has 0 saturated heterocycles. The van der Waals surface area contributed by atoms with Gasteiger partial charge in [-0.1, -0.05) is 228 Å². The third-order valence-electron chi connectivity index (χ3n) is 11.3. The molecule has 0 rings (SSSR count). The van der Waals surface area contributed by atoms with E-state index in [2.05, 4.69) is 90.6 Å². The quantitative estimate of drug-likeness (QED) is 0.0343. The van der Waals surface area contributed by atoms with E-state index in [1.807, 2.05) is 13.8 Å². The van der Waals surface area contributed by atoms with Gasteiger partial charge in [-0.2, -0.15) is 0 Å². The lowest BCUT2D eigenvalue weighted by Gasteiger charge is -2.28. The highest BCUT2D eigenvalue weighted by Crippen LogP contribution is 2.23. The molecule has 0 aliphatic carbocycles. The predicted molar refractivity (Wildman–Crippen MR) is 262 cm³/mol. The van der Waals surface area contributed by atoms with Gasteiger partial charge in [0.15, 0.2) is 0 Å². The lowest BCUT2D eigenvalue weighted by molar-refractivity contribution is 0.221. The van der Waals surface area contributed by atoms with Gasteiger partial charge in [-0.15, -0.1) is 0 Å². The molecule has 1 atom stereocenters. The van der Waals surface area contributed by atoms with Crippen molar-refractivity contribution in [1.29, 1.82) is 0 Å². The highest BCUT2D eigenvalue weighted by atomic mass is 33.1. The highest BCUT2D eigenvalue weighted by Gasteiger charge is 2.14. The summed E-state index contributed by atoms with van der Waals surface area (Å²) in [5.74, 6) is 2.52. The summed E-state index contributed by atoms with van der Waals surface area (Å²) in [6, 6.07) is 0.787. The van der Waals surface area contributed by atoms with Crippen LogP contribution in [-0.4, -0.2) is 61.1 Å². The first kappa shape index (κ1) is 57.2. The second-order valence-corrected chi connectivity index (χ2v) is 19.3. The van der Waals surface area contributed by atoms with Crippen LogP contribution >= 0.6 is 21.6 Å². The summed E-state index contributed by atoms with van der Waals surface area (Å²) in [6.07, 6.45) is 57.3. The molecule has 1 unspecified atom stereocenters. The molecule has 0 fully saturated rings. The van der Waals surface area contributed by atoms with Crippen molar-refractivity contribution in [3.05, 3.63) is 24.3 Å². The van der Waals surface area contributed by atoms with E-state index in [-0.39, 0.29) is 0 Å². The standard InChI is InChI=1S/C49H98N2S2.C2H6/c1-6-9-12-15-17-19-21-23-25-27-29-31-33-35-38-41-44-50(4)45-47-52-53-48-46-51(5)49(42-39-36-14-11-8-3)43-40-37-34-32-30-28-26-24-22-20-18-16-13-10-7-2;1-2/h23-26,49H,6-22,27-48H2,1-5H3;1-2H3/b25-23-,26-24-;. The fourth-order valence-electron chi connectivity index (χ4n) is 7.44. The van der Waals surface area contributed by atoms with Gasteiger partial charge in [0.2, 0.25) is 0 Å². The Morgan fingerprint density at radius 2 is 0.673 bits per heavy atom. The predicted octanol–water partition coefficient (Wildman–Crippen LogP) is 18.1. The molecular formula is C51H104N2S2. The molecule has 0 aromatic carbocycles. The van der Waals surface area contributed by atoms with Gasteiger partial charge in [0.25, 0.3) is 0 Å². The molecule has 4 heteroatoms. The number of hydrogen-bond acceptors (Lipinski definition) is 4. The zero-order valence-electron chi connectivity index (χ0n) is 39.2. The van der Waals surface area contributed by atoms with Crippen LogP contribution in [0.1, 0.15) is 253 Å². The Balaban J connectivity index is 0. The summed E-state index contributed by atoms with van der Waals surface area (Å²) < 4.78 is 0. The monoisotopic (exact) mass is 809 g/mol. The second-order valence-electron chi connectivity index (χ2n) is 16.6. The number of nitrogens with zero attached hydrogens (tertiary/aromatic N) is 2. The van der Waals surface area contributed by atoms with Gasteiger partial charge in [-0.05, 0) is 91.3 Å². The first-order valence-corrected chi connectivity index (χ1v) is 27.6. The molecule has 0 aliphatic rings. The van der Waals surface area contributed by atoms with Crippen LogP contribution in [0.4, 0.5) is 0 Å². The summed E-state index contributed by atoms with van der Waals surface area (Å²) in [7, 11) is 8.97. The minimum absolute atomic E-state index is 0.787. The van der Waals surface area contributed by atoms with E-state index in [9.17, 15) is 0 Å². The highest BCUT2D eigenvalue weighted by molar-refractivity contribution is 8.76. The topological polar surface area (TPSA) is 6.48 Å². The minimum Gasteiger partial charge on any atom is -0.306 e. The van der Waals surface area contributed by atoms with Crippen LogP contribution in [0.3, 0.4) is 0 Å². The molecule has 0 heterocycles. The van der Waals surface area contributed by atoms with E-state index in [1.54, 1.807) is 0 Å². The zero-order chi connectivity index (χ0) is 40.6. The maximum atomic E-state index is 2.72. The zero-order valence-corrected chi connectivity index (χ0v) is 40.8. The molecule has 0 aromatic heterocycles. The molecular weight excluding hydrogens is 705 g/mol. The Morgan fingerprint density at radius 3 is 1.05 bits per heavy atom. The van der Waals surface area contributed by atoms with Crippen molar-refractivity contribution in [3.63, 3.8) is 0 Å². The molecule has 0 radical (unpaired) electrons. The third-order valence-corrected chi connectivity index (χ3v) is 13.6. The third kappa shape index (κ3) is 48.4. The van der Waals surface area contributed by atoms with Crippen molar-refractivity contribution < 1.29 is 0 Å². The van der Waals surface area contributed by atoms with Gasteiger partial charge in [-0.3, -0.25) is 0 Å². The van der Waals surface area contributed by atoms with Crippen LogP contribution in [0, 0.1) is 0 Å². The van der Waals surface area contributed by atoms with Crippen molar-refractivity contribution in [2.45, 2.75) is 259 Å². The second kappa shape index (κ2) is 52.1. The maximum absolute atomic E-state index is 2.72. The van der Waals surface area contributed by atoms with E-state index in [0.717, 1.165) is 6.04 Å². The first-order valence-electron chi connectivity index (χ1n) is 25.1. The van der Waals surface area contributed by atoms with Crippen LogP contribution < -0.4 is 0 Å². The van der Waals surface area contributed by atoms with Gasteiger partial charge >= 0.3 is 0 Å². The van der Waals surface area contributed by atoms with E-state index in [4.69, 9.17) is 0 Å². The van der Waals surface area contributed by atoms with Crippen LogP contribution in [0.25, 0.3) is 0 Å². The summed E-state index contributed by atoms with van der Waals surface area (Å²) in [4.78, 5) is 5.29. The SMILES string of the molecule is CC.CCCCCCCC/C=C\CCCCCCCCN(C)CCSSCCN(C)C(CCCCCCC)CCCCCCC/C=C\CCCCCCCC. The van der Waals surface area contributed by atoms with Gasteiger partial charge in [0.05, 0.1) is 0 Å². The number of rotatable bonds is 45.